The van der Waals surface area contributed by atoms with Crippen molar-refractivity contribution in [3.63, 3.8) is 0 Å². The van der Waals surface area contributed by atoms with Crippen molar-refractivity contribution in [2.24, 2.45) is 5.73 Å². The molecule has 3 N–H and O–H groups in total. The molecule has 0 bridgehead atoms. The first-order valence-electron chi connectivity index (χ1n) is 7.68. The lowest BCUT2D eigenvalue weighted by molar-refractivity contribution is -0.117. The number of nitrogens with zero attached hydrogens (tertiary/aromatic N) is 1. The number of nitrogens with two attached hydrogens (primary N) is 1. The van der Waals surface area contributed by atoms with Gasteiger partial charge in [-0.2, -0.15) is 0 Å². The molecule has 1 amide bonds. The number of carbonyl (C=O) groups excluding carboxylic acids is 1. The van der Waals surface area contributed by atoms with Crippen molar-refractivity contribution >= 4 is 11.6 Å². The number of benzene rings is 1. The predicted molar refractivity (Wildman–Crippen MR) is 82.5 cm³/mol. The zero-order valence-electron chi connectivity index (χ0n) is 12.4. The van der Waals surface area contributed by atoms with Gasteiger partial charge in [-0.05, 0) is 44.0 Å². The molecule has 2 rings (SSSR count). The third kappa shape index (κ3) is 5.10. The first kappa shape index (κ1) is 15.9. The second kappa shape index (κ2) is 8.10. The Hall–Kier alpha value is -1.46. The fourth-order valence-corrected chi connectivity index (χ4v) is 2.91. The molecule has 1 aromatic rings. The Balaban J connectivity index is 1.90. The second-order valence-electron chi connectivity index (χ2n) is 5.61. The smallest absolute Gasteiger partial charge is 0.238 e. The zero-order valence-corrected chi connectivity index (χ0v) is 12.4. The van der Waals surface area contributed by atoms with E-state index in [2.05, 4.69) is 10.2 Å². The van der Waals surface area contributed by atoms with Crippen LogP contribution in [0.4, 0.5) is 10.1 Å². The van der Waals surface area contributed by atoms with Gasteiger partial charge in [-0.15, -0.1) is 0 Å². The molecular weight excluding hydrogens is 269 g/mol. The van der Waals surface area contributed by atoms with E-state index >= 15 is 0 Å². The lowest BCUT2D eigenvalue weighted by Crippen LogP contribution is -2.40. The van der Waals surface area contributed by atoms with E-state index in [9.17, 15) is 9.18 Å². The largest absolute Gasteiger partial charge is 0.330 e. The molecule has 0 saturated heterocycles. The maximum Gasteiger partial charge on any atom is 0.238 e. The molecule has 0 atom stereocenters. The maximum atomic E-state index is 13.1. The summed E-state index contributed by atoms with van der Waals surface area (Å²) in [6, 6.07) is 6.46. The predicted octanol–water partition coefficient (Wildman–Crippen LogP) is 2.36. The van der Waals surface area contributed by atoms with Gasteiger partial charge < -0.3 is 11.1 Å². The monoisotopic (exact) mass is 293 g/mol. The van der Waals surface area contributed by atoms with Crippen molar-refractivity contribution in [1.82, 2.24) is 4.90 Å². The average Bonchev–Trinajstić information content (AvgIpc) is 2.97. The van der Waals surface area contributed by atoms with Crippen LogP contribution in [0.3, 0.4) is 0 Å². The number of halogens is 1. The van der Waals surface area contributed by atoms with Crippen LogP contribution in [-0.4, -0.2) is 36.5 Å². The van der Waals surface area contributed by atoms with Crippen molar-refractivity contribution in [3.8, 4) is 0 Å². The van der Waals surface area contributed by atoms with Gasteiger partial charge in [-0.1, -0.05) is 18.9 Å². The van der Waals surface area contributed by atoms with Crippen LogP contribution in [0, 0.1) is 5.82 Å². The number of hydrogen-bond donors (Lipinski definition) is 2. The third-order valence-corrected chi connectivity index (χ3v) is 3.95. The van der Waals surface area contributed by atoms with Gasteiger partial charge in [0.1, 0.15) is 5.82 Å². The Morgan fingerprint density at radius 3 is 2.81 bits per heavy atom. The molecule has 21 heavy (non-hydrogen) atoms. The van der Waals surface area contributed by atoms with E-state index in [1.807, 2.05) is 0 Å². The van der Waals surface area contributed by atoms with Crippen molar-refractivity contribution < 1.29 is 9.18 Å². The van der Waals surface area contributed by atoms with Crippen LogP contribution in [-0.2, 0) is 4.79 Å². The van der Waals surface area contributed by atoms with Crippen LogP contribution < -0.4 is 11.1 Å². The summed E-state index contributed by atoms with van der Waals surface area (Å²) in [5.41, 5.74) is 6.08. The quantitative estimate of drug-likeness (QED) is 0.811. The van der Waals surface area contributed by atoms with Gasteiger partial charge in [-0.3, -0.25) is 9.69 Å². The molecule has 0 unspecified atom stereocenters. The summed E-state index contributed by atoms with van der Waals surface area (Å²) >= 11 is 0. The van der Waals surface area contributed by atoms with E-state index < -0.39 is 0 Å². The summed E-state index contributed by atoms with van der Waals surface area (Å²) in [6.45, 7) is 1.83. The fraction of sp³-hybridized carbons (Fsp3) is 0.562. The average molecular weight is 293 g/mol. The molecule has 1 aromatic carbocycles. The summed E-state index contributed by atoms with van der Waals surface area (Å²) in [5, 5.41) is 2.76. The summed E-state index contributed by atoms with van der Waals surface area (Å²) < 4.78 is 13.1. The number of nitrogens with one attached hydrogen (secondary N) is 1. The molecule has 1 saturated carbocycles. The first-order valence-corrected chi connectivity index (χ1v) is 7.68. The Kier molecular flexibility index (Phi) is 6.14. The highest BCUT2D eigenvalue weighted by atomic mass is 19.1. The van der Waals surface area contributed by atoms with E-state index in [0.717, 1.165) is 25.8 Å². The van der Waals surface area contributed by atoms with Gasteiger partial charge in [0.2, 0.25) is 5.91 Å². The third-order valence-electron chi connectivity index (χ3n) is 3.95. The lowest BCUT2D eigenvalue weighted by atomic mass is 10.2. The molecule has 1 fully saturated rings. The van der Waals surface area contributed by atoms with Gasteiger partial charge in [0.05, 0.1) is 6.54 Å². The van der Waals surface area contributed by atoms with Crippen LogP contribution in [0.1, 0.15) is 32.1 Å². The second-order valence-corrected chi connectivity index (χ2v) is 5.61. The molecule has 1 aliphatic rings. The van der Waals surface area contributed by atoms with Crippen molar-refractivity contribution in [3.05, 3.63) is 30.1 Å². The molecular formula is C16H24FN3O. The van der Waals surface area contributed by atoms with Crippen LogP contribution in [0.25, 0.3) is 0 Å². The van der Waals surface area contributed by atoms with Crippen molar-refractivity contribution in [2.75, 3.05) is 25.0 Å². The van der Waals surface area contributed by atoms with E-state index in [1.54, 1.807) is 12.1 Å². The zero-order chi connectivity index (χ0) is 15.1. The molecule has 0 aliphatic heterocycles. The highest BCUT2D eigenvalue weighted by Gasteiger charge is 2.23. The summed E-state index contributed by atoms with van der Waals surface area (Å²) in [7, 11) is 0. The maximum absolute atomic E-state index is 13.1. The Labute approximate surface area is 125 Å². The van der Waals surface area contributed by atoms with Gasteiger partial charge in [0, 0.05) is 18.3 Å². The number of amides is 1. The number of anilines is 1. The fourth-order valence-electron chi connectivity index (χ4n) is 2.91. The standard InChI is InChI=1S/C16H24FN3O/c17-13-5-3-6-14(11-13)19-16(21)12-20(10-4-9-18)15-7-1-2-8-15/h3,5-6,11,15H,1-2,4,7-10,12,18H2,(H,19,21). The molecule has 0 radical (unpaired) electrons. The Morgan fingerprint density at radius 2 is 2.14 bits per heavy atom. The summed E-state index contributed by atoms with van der Waals surface area (Å²) in [6.07, 6.45) is 5.66. The van der Waals surface area contributed by atoms with E-state index in [1.165, 1.54) is 25.0 Å². The molecule has 1 aliphatic carbocycles. The topological polar surface area (TPSA) is 58.4 Å². The normalized spacial score (nSPS) is 15.6. The molecule has 0 spiro atoms. The minimum atomic E-state index is -0.344. The van der Waals surface area contributed by atoms with Gasteiger partial charge in [0.15, 0.2) is 0 Å². The lowest BCUT2D eigenvalue weighted by Gasteiger charge is -2.28. The number of hydrogen-bond acceptors (Lipinski definition) is 3. The summed E-state index contributed by atoms with van der Waals surface area (Å²) in [5.74, 6) is -0.437. The highest BCUT2D eigenvalue weighted by Crippen LogP contribution is 2.23. The Bertz CT molecular complexity index is 461. The van der Waals surface area contributed by atoms with E-state index in [-0.39, 0.29) is 11.7 Å². The minimum absolute atomic E-state index is 0.0930. The highest BCUT2D eigenvalue weighted by molar-refractivity contribution is 5.92. The molecule has 5 heteroatoms. The molecule has 0 heterocycles. The first-order chi connectivity index (χ1) is 10.2. The van der Waals surface area contributed by atoms with E-state index in [0.29, 0.717) is 24.8 Å². The number of rotatable bonds is 7. The van der Waals surface area contributed by atoms with Crippen LogP contribution in [0.5, 0.6) is 0 Å². The van der Waals surface area contributed by atoms with Crippen molar-refractivity contribution in [1.29, 1.82) is 0 Å². The van der Waals surface area contributed by atoms with Gasteiger partial charge in [-0.25, -0.2) is 4.39 Å². The van der Waals surface area contributed by atoms with Crippen molar-refractivity contribution in [2.45, 2.75) is 38.1 Å². The Morgan fingerprint density at radius 1 is 1.38 bits per heavy atom. The van der Waals surface area contributed by atoms with Gasteiger partial charge in [0.25, 0.3) is 0 Å². The SMILES string of the molecule is NCCCN(CC(=O)Nc1cccc(F)c1)C1CCCC1. The van der Waals surface area contributed by atoms with Crippen LogP contribution >= 0.6 is 0 Å². The molecule has 116 valence electrons. The molecule has 4 nitrogen and oxygen atoms in total. The molecule has 0 aromatic heterocycles. The number of carbonyl (C=O) groups is 1. The van der Waals surface area contributed by atoms with Crippen LogP contribution in [0.15, 0.2) is 24.3 Å². The van der Waals surface area contributed by atoms with Crippen LogP contribution in [0.2, 0.25) is 0 Å². The van der Waals surface area contributed by atoms with Gasteiger partial charge >= 0.3 is 0 Å². The van der Waals surface area contributed by atoms with E-state index in [4.69, 9.17) is 5.73 Å². The minimum Gasteiger partial charge on any atom is -0.330 e. The summed E-state index contributed by atoms with van der Waals surface area (Å²) in [4.78, 5) is 14.4.